The Morgan fingerprint density at radius 1 is 1.22 bits per heavy atom. The van der Waals surface area contributed by atoms with Crippen LogP contribution in [-0.4, -0.2) is 28.9 Å². The lowest BCUT2D eigenvalue weighted by atomic mass is 9.98. The van der Waals surface area contributed by atoms with Crippen molar-refractivity contribution in [3.63, 3.8) is 0 Å². The van der Waals surface area contributed by atoms with Crippen LogP contribution < -0.4 is 0 Å². The van der Waals surface area contributed by atoms with E-state index in [2.05, 4.69) is 6.07 Å². The molecule has 4 nitrogen and oxygen atoms in total. The summed E-state index contributed by atoms with van der Waals surface area (Å²) >= 11 is 7.77. The number of rotatable bonds is 2. The van der Waals surface area contributed by atoms with Crippen LogP contribution in [0.1, 0.15) is 34.3 Å². The Morgan fingerprint density at radius 2 is 2.11 bits per heavy atom. The third-order valence-corrected chi connectivity index (χ3v) is 6.49. The van der Waals surface area contributed by atoms with Gasteiger partial charge in [0, 0.05) is 29.4 Å². The zero-order chi connectivity index (χ0) is 18.4. The van der Waals surface area contributed by atoms with Gasteiger partial charge < -0.3 is 9.32 Å². The van der Waals surface area contributed by atoms with Gasteiger partial charge in [-0.05, 0) is 49.2 Å². The quantitative estimate of drug-likeness (QED) is 0.435. The summed E-state index contributed by atoms with van der Waals surface area (Å²) in [6, 6.07) is 15.4. The maximum Gasteiger partial charge on any atom is 0.289 e. The van der Waals surface area contributed by atoms with Crippen LogP contribution in [0.4, 0.5) is 0 Å². The van der Waals surface area contributed by atoms with E-state index in [4.69, 9.17) is 21.0 Å². The predicted molar refractivity (Wildman–Crippen MR) is 109 cm³/mol. The van der Waals surface area contributed by atoms with Gasteiger partial charge in [0.15, 0.2) is 5.76 Å². The third-order valence-electron chi connectivity index (χ3n) is 5.06. The lowest BCUT2D eigenvalue weighted by Gasteiger charge is -2.31. The van der Waals surface area contributed by atoms with Crippen molar-refractivity contribution in [2.45, 2.75) is 18.8 Å². The number of benzene rings is 2. The smallest absolute Gasteiger partial charge is 0.289 e. The van der Waals surface area contributed by atoms with Crippen molar-refractivity contribution in [2.24, 2.45) is 0 Å². The third kappa shape index (κ3) is 3.11. The van der Waals surface area contributed by atoms with Crippen molar-refractivity contribution in [1.82, 2.24) is 9.88 Å². The van der Waals surface area contributed by atoms with Crippen molar-refractivity contribution in [3.05, 3.63) is 64.3 Å². The molecule has 0 unspecified atom stereocenters. The maximum atomic E-state index is 13.0. The van der Waals surface area contributed by atoms with Gasteiger partial charge in [0.1, 0.15) is 5.58 Å². The summed E-state index contributed by atoms with van der Waals surface area (Å²) in [4.78, 5) is 19.7. The van der Waals surface area contributed by atoms with Gasteiger partial charge in [-0.1, -0.05) is 23.7 Å². The van der Waals surface area contributed by atoms with Crippen LogP contribution in [-0.2, 0) is 0 Å². The van der Waals surface area contributed by atoms with E-state index in [-0.39, 0.29) is 11.8 Å². The SMILES string of the molecule is O=C(c1cc2cc(Cl)ccc2o1)N1CCC[C@H](c2nc3ccccc3s2)C1. The number of fused-ring (bicyclic) bond motifs is 2. The van der Waals surface area contributed by atoms with Crippen molar-refractivity contribution in [1.29, 1.82) is 0 Å². The number of aromatic nitrogens is 1. The van der Waals surface area contributed by atoms with Crippen LogP contribution in [0.25, 0.3) is 21.2 Å². The minimum atomic E-state index is -0.0619. The number of furan rings is 1. The summed E-state index contributed by atoms with van der Waals surface area (Å²) in [6.45, 7) is 1.43. The molecule has 0 N–H and O–H groups in total. The zero-order valence-electron chi connectivity index (χ0n) is 14.5. The Bertz CT molecular complexity index is 1120. The molecule has 0 bridgehead atoms. The van der Waals surface area contributed by atoms with Gasteiger partial charge in [0.2, 0.25) is 0 Å². The monoisotopic (exact) mass is 396 g/mol. The maximum absolute atomic E-state index is 13.0. The molecular weight excluding hydrogens is 380 g/mol. The summed E-state index contributed by atoms with van der Waals surface area (Å²) in [5, 5.41) is 2.60. The van der Waals surface area contributed by atoms with E-state index in [0.717, 1.165) is 35.3 Å². The van der Waals surface area contributed by atoms with Gasteiger partial charge in [0.05, 0.1) is 15.2 Å². The molecule has 1 aliphatic heterocycles. The number of carbonyl (C=O) groups is 1. The predicted octanol–water partition coefficient (Wildman–Crippen LogP) is 5.72. The molecule has 2 aromatic heterocycles. The van der Waals surface area contributed by atoms with Gasteiger partial charge in [0.25, 0.3) is 5.91 Å². The highest BCUT2D eigenvalue weighted by atomic mass is 35.5. The Kier molecular flexibility index (Phi) is 4.14. The molecule has 136 valence electrons. The fourth-order valence-electron chi connectivity index (χ4n) is 3.70. The number of carbonyl (C=O) groups excluding carboxylic acids is 1. The van der Waals surface area contributed by atoms with E-state index in [9.17, 15) is 4.79 Å². The highest BCUT2D eigenvalue weighted by Crippen LogP contribution is 2.34. The van der Waals surface area contributed by atoms with E-state index in [0.29, 0.717) is 22.9 Å². The number of halogens is 1. The van der Waals surface area contributed by atoms with Crippen molar-refractivity contribution >= 4 is 50.0 Å². The number of thiazole rings is 1. The second-order valence-electron chi connectivity index (χ2n) is 6.90. The molecule has 0 saturated carbocycles. The normalized spacial score (nSPS) is 17.7. The van der Waals surface area contributed by atoms with Crippen molar-refractivity contribution in [2.75, 3.05) is 13.1 Å². The minimum absolute atomic E-state index is 0.0619. The van der Waals surface area contributed by atoms with Gasteiger partial charge in [-0.15, -0.1) is 11.3 Å². The molecular formula is C21H17ClN2O2S. The van der Waals surface area contributed by atoms with Crippen molar-refractivity contribution < 1.29 is 9.21 Å². The van der Waals surface area contributed by atoms with Gasteiger partial charge in [-0.25, -0.2) is 4.98 Å². The van der Waals surface area contributed by atoms with Crippen LogP contribution in [0, 0.1) is 0 Å². The molecule has 2 aromatic carbocycles. The largest absolute Gasteiger partial charge is 0.451 e. The average Bonchev–Trinajstić information content (AvgIpc) is 3.31. The number of para-hydroxylation sites is 1. The number of amides is 1. The number of piperidine rings is 1. The molecule has 27 heavy (non-hydrogen) atoms. The molecule has 1 amide bonds. The first-order valence-corrected chi connectivity index (χ1v) is 10.2. The molecule has 0 spiro atoms. The Balaban J connectivity index is 1.40. The molecule has 5 rings (SSSR count). The van der Waals surface area contributed by atoms with E-state index in [1.807, 2.05) is 29.2 Å². The molecule has 1 atom stereocenters. The standard InChI is InChI=1S/C21H17ClN2O2S/c22-15-7-8-17-14(10-15)11-18(26-17)21(25)24-9-3-4-13(12-24)20-23-16-5-1-2-6-19(16)27-20/h1-2,5-8,10-11,13H,3-4,9,12H2/t13-/m0/s1. The van der Waals surface area contributed by atoms with E-state index < -0.39 is 0 Å². The van der Waals surface area contributed by atoms with Crippen molar-refractivity contribution in [3.8, 4) is 0 Å². The summed E-state index contributed by atoms with van der Waals surface area (Å²) in [5.74, 6) is 0.587. The summed E-state index contributed by atoms with van der Waals surface area (Å²) < 4.78 is 6.96. The topological polar surface area (TPSA) is 46.3 Å². The molecule has 1 saturated heterocycles. The first kappa shape index (κ1) is 16.8. The second kappa shape index (κ2) is 6.66. The average molecular weight is 397 g/mol. The molecule has 3 heterocycles. The van der Waals surface area contributed by atoms with Crippen LogP contribution in [0.15, 0.2) is 52.9 Å². The fraction of sp³-hybridized carbons (Fsp3) is 0.238. The van der Waals surface area contributed by atoms with Gasteiger partial charge in [-0.2, -0.15) is 0 Å². The number of hydrogen-bond donors (Lipinski definition) is 0. The second-order valence-corrected chi connectivity index (χ2v) is 8.40. The lowest BCUT2D eigenvalue weighted by Crippen LogP contribution is -2.38. The van der Waals surface area contributed by atoms with E-state index in [1.165, 1.54) is 4.70 Å². The Morgan fingerprint density at radius 3 is 3.00 bits per heavy atom. The first-order chi connectivity index (χ1) is 13.2. The Labute approximate surface area is 165 Å². The zero-order valence-corrected chi connectivity index (χ0v) is 16.1. The molecule has 1 aliphatic rings. The van der Waals surface area contributed by atoms with Crippen LogP contribution >= 0.6 is 22.9 Å². The lowest BCUT2D eigenvalue weighted by molar-refractivity contribution is 0.0677. The molecule has 6 heteroatoms. The number of hydrogen-bond acceptors (Lipinski definition) is 4. The summed E-state index contributed by atoms with van der Waals surface area (Å²) in [6.07, 6.45) is 2.03. The minimum Gasteiger partial charge on any atom is -0.451 e. The summed E-state index contributed by atoms with van der Waals surface area (Å²) in [5.41, 5.74) is 1.72. The van der Waals surface area contributed by atoms with E-state index in [1.54, 1.807) is 29.5 Å². The van der Waals surface area contributed by atoms with Crippen LogP contribution in [0.3, 0.4) is 0 Å². The number of likely N-dealkylation sites (tertiary alicyclic amines) is 1. The Hall–Kier alpha value is -2.37. The van der Waals surface area contributed by atoms with Crippen LogP contribution in [0.5, 0.6) is 0 Å². The highest BCUT2D eigenvalue weighted by Gasteiger charge is 2.29. The fourth-order valence-corrected chi connectivity index (χ4v) is 4.98. The van der Waals surface area contributed by atoms with E-state index >= 15 is 0 Å². The first-order valence-electron chi connectivity index (χ1n) is 9.01. The molecule has 0 radical (unpaired) electrons. The molecule has 0 aliphatic carbocycles. The molecule has 1 fully saturated rings. The van der Waals surface area contributed by atoms with Gasteiger partial charge in [-0.3, -0.25) is 4.79 Å². The highest BCUT2D eigenvalue weighted by molar-refractivity contribution is 7.18. The number of nitrogens with zero attached hydrogens (tertiary/aromatic N) is 2. The summed E-state index contributed by atoms with van der Waals surface area (Å²) in [7, 11) is 0. The van der Waals surface area contributed by atoms with Gasteiger partial charge >= 0.3 is 0 Å². The van der Waals surface area contributed by atoms with Crippen LogP contribution in [0.2, 0.25) is 5.02 Å². The molecule has 4 aromatic rings.